The molecule has 4 nitrogen and oxygen atoms in total. The molecule has 1 fully saturated rings. The fourth-order valence-corrected chi connectivity index (χ4v) is 3.01. The number of thiazole rings is 1. The summed E-state index contributed by atoms with van der Waals surface area (Å²) in [4.78, 5) is 15.9. The largest absolute Gasteiger partial charge is 0.375 e. The van der Waals surface area contributed by atoms with E-state index in [1.807, 2.05) is 5.38 Å². The summed E-state index contributed by atoms with van der Waals surface area (Å²) in [6.45, 7) is 2.10. The number of aromatic nitrogens is 1. The van der Waals surface area contributed by atoms with E-state index in [2.05, 4.69) is 17.2 Å². The minimum Gasteiger partial charge on any atom is -0.375 e. The Morgan fingerprint density at radius 1 is 1.65 bits per heavy atom. The van der Waals surface area contributed by atoms with Gasteiger partial charge in [-0.3, -0.25) is 4.79 Å². The molecule has 1 aliphatic rings. The molecule has 0 saturated heterocycles. The minimum atomic E-state index is 0.0506. The van der Waals surface area contributed by atoms with Gasteiger partial charge in [-0.25, -0.2) is 4.98 Å². The number of carbonyl (C=O) groups is 1. The van der Waals surface area contributed by atoms with Crippen molar-refractivity contribution < 1.29 is 4.79 Å². The molecule has 1 aliphatic carbocycles. The summed E-state index contributed by atoms with van der Waals surface area (Å²) in [7, 11) is 0. The van der Waals surface area contributed by atoms with Gasteiger partial charge in [0.05, 0.1) is 12.1 Å². The fraction of sp³-hybridized carbons (Fsp3) is 0.667. The van der Waals surface area contributed by atoms with Crippen LogP contribution in [-0.4, -0.2) is 16.9 Å². The van der Waals surface area contributed by atoms with Gasteiger partial charge >= 0.3 is 0 Å². The normalized spacial score (nSPS) is 18.2. The van der Waals surface area contributed by atoms with Crippen molar-refractivity contribution in [2.45, 2.75) is 45.1 Å². The highest BCUT2D eigenvalue weighted by Crippen LogP contribution is 2.27. The van der Waals surface area contributed by atoms with Crippen LogP contribution in [0.2, 0.25) is 0 Å². The third-order valence-corrected chi connectivity index (χ3v) is 4.13. The molecule has 1 aromatic rings. The zero-order valence-corrected chi connectivity index (χ0v) is 10.9. The highest BCUT2D eigenvalue weighted by molar-refractivity contribution is 7.13. The Morgan fingerprint density at radius 2 is 2.35 bits per heavy atom. The number of nitrogen functional groups attached to an aromatic ring is 1. The number of nitrogens with one attached hydrogen (secondary N) is 1. The molecule has 3 N–H and O–H groups in total. The van der Waals surface area contributed by atoms with E-state index in [9.17, 15) is 4.79 Å². The van der Waals surface area contributed by atoms with Gasteiger partial charge in [-0.15, -0.1) is 11.3 Å². The van der Waals surface area contributed by atoms with Crippen LogP contribution in [0.5, 0.6) is 0 Å². The Hall–Kier alpha value is -1.10. The maximum Gasteiger partial charge on any atom is 0.226 e. The molecule has 94 valence electrons. The number of nitrogens with zero attached hydrogens (tertiary/aromatic N) is 1. The lowest BCUT2D eigenvalue weighted by atomic mass is 10.00. The first kappa shape index (κ1) is 12.4. The average Bonchev–Trinajstić information content (AvgIpc) is 2.89. The van der Waals surface area contributed by atoms with Gasteiger partial charge in [0.1, 0.15) is 0 Å². The predicted molar refractivity (Wildman–Crippen MR) is 69.8 cm³/mol. The second-order valence-electron chi connectivity index (χ2n) is 4.75. The van der Waals surface area contributed by atoms with E-state index >= 15 is 0 Å². The van der Waals surface area contributed by atoms with E-state index in [0.717, 1.165) is 5.69 Å². The van der Waals surface area contributed by atoms with Crippen molar-refractivity contribution in [1.29, 1.82) is 0 Å². The van der Waals surface area contributed by atoms with Crippen LogP contribution in [0.25, 0.3) is 0 Å². The van der Waals surface area contributed by atoms with E-state index in [1.54, 1.807) is 0 Å². The number of anilines is 1. The highest BCUT2D eigenvalue weighted by Gasteiger charge is 2.22. The molecule has 0 unspecified atom stereocenters. The van der Waals surface area contributed by atoms with Crippen LogP contribution in [0.15, 0.2) is 5.38 Å². The van der Waals surface area contributed by atoms with Crippen molar-refractivity contribution in [3.05, 3.63) is 11.1 Å². The average molecular weight is 253 g/mol. The van der Waals surface area contributed by atoms with Gasteiger partial charge in [-0.1, -0.05) is 12.8 Å². The zero-order chi connectivity index (χ0) is 12.3. The third-order valence-electron chi connectivity index (χ3n) is 3.41. The van der Waals surface area contributed by atoms with Gasteiger partial charge in [0, 0.05) is 11.4 Å². The smallest absolute Gasteiger partial charge is 0.226 e. The summed E-state index contributed by atoms with van der Waals surface area (Å²) in [6, 6.07) is 0.279. The Bertz CT molecular complexity index is 385. The standard InChI is InChI=1S/C12H19N3OS/c1-8(9-4-2-3-5-9)14-11(16)6-10-7-17-12(13)15-10/h7-9H,2-6H2,1H3,(H2,13,15)(H,14,16)/t8-/m0/s1. The number of hydrogen-bond donors (Lipinski definition) is 2. The molecule has 1 aromatic heterocycles. The Labute approximate surface area is 106 Å². The predicted octanol–water partition coefficient (Wildman–Crippen LogP) is 1.96. The van der Waals surface area contributed by atoms with Crippen LogP contribution < -0.4 is 11.1 Å². The van der Waals surface area contributed by atoms with Gasteiger partial charge in [0.25, 0.3) is 0 Å². The van der Waals surface area contributed by atoms with Crippen LogP contribution in [-0.2, 0) is 11.2 Å². The van der Waals surface area contributed by atoms with Gasteiger partial charge in [-0.05, 0) is 25.7 Å². The van der Waals surface area contributed by atoms with E-state index in [0.29, 0.717) is 17.5 Å². The molecule has 0 aliphatic heterocycles. The second-order valence-corrected chi connectivity index (χ2v) is 5.64. The second kappa shape index (κ2) is 5.49. The molecule has 0 bridgehead atoms. The number of carbonyl (C=O) groups excluding carboxylic acids is 1. The quantitative estimate of drug-likeness (QED) is 0.862. The maximum absolute atomic E-state index is 11.8. The Balaban J connectivity index is 1.80. The van der Waals surface area contributed by atoms with Gasteiger partial charge in [-0.2, -0.15) is 0 Å². The molecule has 0 aromatic carbocycles. The Kier molecular flexibility index (Phi) is 3.99. The van der Waals surface area contributed by atoms with E-state index < -0.39 is 0 Å². The molecule has 1 amide bonds. The molecule has 17 heavy (non-hydrogen) atoms. The molecular formula is C12H19N3OS. The monoisotopic (exact) mass is 253 g/mol. The summed E-state index contributed by atoms with van der Waals surface area (Å²) < 4.78 is 0. The molecule has 1 heterocycles. The minimum absolute atomic E-state index is 0.0506. The summed E-state index contributed by atoms with van der Waals surface area (Å²) in [5.74, 6) is 0.703. The highest BCUT2D eigenvalue weighted by atomic mass is 32.1. The van der Waals surface area contributed by atoms with Crippen molar-refractivity contribution in [3.8, 4) is 0 Å². The van der Waals surface area contributed by atoms with Crippen molar-refractivity contribution >= 4 is 22.4 Å². The lowest BCUT2D eigenvalue weighted by Gasteiger charge is -2.20. The Morgan fingerprint density at radius 3 is 2.94 bits per heavy atom. The molecule has 0 spiro atoms. The first-order valence-corrected chi connectivity index (χ1v) is 7.02. The van der Waals surface area contributed by atoms with Gasteiger partial charge < -0.3 is 11.1 Å². The van der Waals surface area contributed by atoms with E-state index in [4.69, 9.17) is 5.73 Å². The van der Waals surface area contributed by atoms with Crippen LogP contribution in [0.1, 0.15) is 38.3 Å². The van der Waals surface area contributed by atoms with Crippen LogP contribution in [0.4, 0.5) is 5.13 Å². The molecule has 2 rings (SSSR count). The van der Waals surface area contributed by atoms with Crippen molar-refractivity contribution in [2.24, 2.45) is 5.92 Å². The first-order valence-electron chi connectivity index (χ1n) is 6.14. The summed E-state index contributed by atoms with van der Waals surface area (Å²) >= 11 is 1.38. The summed E-state index contributed by atoms with van der Waals surface area (Å²) in [6.07, 6.45) is 5.42. The molecule has 1 saturated carbocycles. The lowest BCUT2D eigenvalue weighted by molar-refractivity contribution is -0.121. The number of hydrogen-bond acceptors (Lipinski definition) is 4. The van der Waals surface area contributed by atoms with E-state index in [-0.39, 0.29) is 11.9 Å². The summed E-state index contributed by atoms with van der Waals surface area (Å²) in [5.41, 5.74) is 6.30. The molecule has 0 radical (unpaired) electrons. The lowest BCUT2D eigenvalue weighted by Crippen LogP contribution is -2.38. The fourth-order valence-electron chi connectivity index (χ4n) is 2.45. The van der Waals surface area contributed by atoms with Gasteiger partial charge in [0.15, 0.2) is 5.13 Å². The van der Waals surface area contributed by atoms with Crippen molar-refractivity contribution in [2.75, 3.05) is 5.73 Å². The van der Waals surface area contributed by atoms with Gasteiger partial charge in [0.2, 0.25) is 5.91 Å². The van der Waals surface area contributed by atoms with Crippen LogP contribution in [0, 0.1) is 5.92 Å². The number of rotatable bonds is 4. The topological polar surface area (TPSA) is 68.0 Å². The number of amides is 1. The first-order chi connectivity index (χ1) is 8.15. The van der Waals surface area contributed by atoms with Crippen LogP contribution >= 0.6 is 11.3 Å². The third kappa shape index (κ3) is 3.43. The maximum atomic E-state index is 11.8. The number of nitrogens with two attached hydrogens (primary N) is 1. The van der Waals surface area contributed by atoms with Crippen LogP contribution in [0.3, 0.4) is 0 Å². The van der Waals surface area contributed by atoms with E-state index in [1.165, 1.54) is 37.0 Å². The molecule has 5 heteroatoms. The SMILES string of the molecule is C[C@H](NC(=O)Cc1csc(N)n1)C1CCCC1. The van der Waals surface area contributed by atoms with Crippen molar-refractivity contribution in [3.63, 3.8) is 0 Å². The van der Waals surface area contributed by atoms with Crippen molar-refractivity contribution in [1.82, 2.24) is 10.3 Å². The molecule has 1 atom stereocenters. The summed E-state index contributed by atoms with van der Waals surface area (Å²) in [5, 5.41) is 5.43. The zero-order valence-electron chi connectivity index (χ0n) is 10.1. The molecular weight excluding hydrogens is 234 g/mol.